The van der Waals surface area contributed by atoms with Crippen molar-refractivity contribution in [2.75, 3.05) is 6.54 Å². The van der Waals surface area contributed by atoms with Gasteiger partial charge in [0.15, 0.2) is 0 Å². The minimum Gasteiger partial charge on any atom is -0.481 e. The summed E-state index contributed by atoms with van der Waals surface area (Å²) >= 11 is 1.56. The van der Waals surface area contributed by atoms with Crippen LogP contribution in [0.5, 0.6) is 0 Å². The lowest BCUT2D eigenvalue weighted by Gasteiger charge is -2.05. The average Bonchev–Trinajstić information content (AvgIpc) is 2.54. The van der Waals surface area contributed by atoms with Gasteiger partial charge in [-0.05, 0) is 18.6 Å². The molecule has 14 heavy (non-hydrogen) atoms. The van der Waals surface area contributed by atoms with Crippen molar-refractivity contribution in [3.05, 3.63) is 21.9 Å². The molecule has 0 saturated heterocycles. The highest BCUT2D eigenvalue weighted by Gasteiger charge is 2.19. The van der Waals surface area contributed by atoms with Gasteiger partial charge < -0.3 is 10.8 Å². The summed E-state index contributed by atoms with van der Waals surface area (Å²) in [5.41, 5.74) is 5.41. The number of hydrogen-bond donors (Lipinski definition) is 2. The number of carboxylic acid groups (broad SMARTS) is 1. The van der Waals surface area contributed by atoms with Crippen LogP contribution in [0.15, 0.2) is 12.1 Å². The van der Waals surface area contributed by atoms with Gasteiger partial charge >= 0.3 is 5.97 Å². The Balaban J connectivity index is 2.78. The maximum Gasteiger partial charge on any atom is 0.313 e. The zero-order valence-electron chi connectivity index (χ0n) is 8.19. The van der Waals surface area contributed by atoms with Gasteiger partial charge in [-0.1, -0.05) is 13.3 Å². The number of carbonyl (C=O) groups is 1. The summed E-state index contributed by atoms with van der Waals surface area (Å²) in [4.78, 5) is 12.9. The van der Waals surface area contributed by atoms with E-state index in [4.69, 9.17) is 10.8 Å². The molecule has 0 aliphatic heterocycles. The van der Waals surface area contributed by atoms with Crippen molar-refractivity contribution >= 4 is 17.3 Å². The molecule has 0 saturated carbocycles. The summed E-state index contributed by atoms with van der Waals surface area (Å²) in [5, 5.41) is 8.89. The molecule has 1 aromatic rings. The highest BCUT2D eigenvalue weighted by molar-refractivity contribution is 7.12. The van der Waals surface area contributed by atoms with E-state index in [0.717, 1.165) is 17.7 Å². The second-order valence-electron chi connectivity index (χ2n) is 3.18. The number of nitrogens with two attached hydrogens (primary N) is 1. The van der Waals surface area contributed by atoms with Crippen molar-refractivity contribution in [1.29, 1.82) is 0 Å². The van der Waals surface area contributed by atoms with E-state index < -0.39 is 11.9 Å². The van der Waals surface area contributed by atoms with Crippen LogP contribution < -0.4 is 5.73 Å². The van der Waals surface area contributed by atoms with E-state index in [2.05, 4.69) is 6.92 Å². The molecule has 0 amide bonds. The third-order valence-corrected chi connectivity index (χ3v) is 3.31. The lowest BCUT2D eigenvalue weighted by Crippen LogP contribution is -2.19. The quantitative estimate of drug-likeness (QED) is 0.784. The van der Waals surface area contributed by atoms with Gasteiger partial charge in [0.05, 0.1) is 0 Å². The first-order valence-electron chi connectivity index (χ1n) is 4.70. The normalized spacial score (nSPS) is 12.7. The maximum absolute atomic E-state index is 10.8. The van der Waals surface area contributed by atoms with Crippen molar-refractivity contribution in [2.45, 2.75) is 25.7 Å². The van der Waals surface area contributed by atoms with Crippen LogP contribution in [0.3, 0.4) is 0 Å². The largest absolute Gasteiger partial charge is 0.481 e. The number of aliphatic carboxylic acids is 1. The molecule has 3 nitrogen and oxygen atoms in total. The topological polar surface area (TPSA) is 63.3 Å². The van der Waals surface area contributed by atoms with Crippen molar-refractivity contribution < 1.29 is 9.90 Å². The Morgan fingerprint density at radius 2 is 2.36 bits per heavy atom. The standard InChI is InChI=1S/C10H15NO2S/c1-2-3-7-4-5-9(14-7)8(6-11)10(12)13/h4-5,8H,2-3,6,11H2,1H3,(H,12,13). The van der Waals surface area contributed by atoms with E-state index in [1.165, 1.54) is 4.88 Å². The van der Waals surface area contributed by atoms with Crippen LogP contribution in [0.2, 0.25) is 0 Å². The molecule has 0 radical (unpaired) electrons. The Labute approximate surface area is 87.6 Å². The number of carboxylic acids is 1. The lowest BCUT2D eigenvalue weighted by atomic mass is 10.1. The summed E-state index contributed by atoms with van der Waals surface area (Å²) in [6.45, 7) is 2.28. The van der Waals surface area contributed by atoms with Crippen LogP contribution in [0.1, 0.15) is 29.0 Å². The minimum atomic E-state index is -0.836. The van der Waals surface area contributed by atoms with E-state index >= 15 is 0 Å². The number of rotatable bonds is 5. The van der Waals surface area contributed by atoms with Crippen molar-refractivity contribution in [2.24, 2.45) is 5.73 Å². The SMILES string of the molecule is CCCc1ccc(C(CN)C(=O)O)s1. The Morgan fingerprint density at radius 1 is 1.64 bits per heavy atom. The van der Waals surface area contributed by atoms with Gasteiger partial charge in [-0.2, -0.15) is 0 Å². The highest BCUT2D eigenvalue weighted by Crippen LogP contribution is 2.25. The molecule has 1 unspecified atom stereocenters. The molecule has 0 bridgehead atoms. The van der Waals surface area contributed by atoms with Crippen LogP contribution in [-0.4, -0.2) is 17.6 Å². The van der Waals surface area contributed by atoms with Gasteiger partial charge in [0.2, 0.25) is 0 Å². The van der Waals surface area contributed by atoms with Crippen LogP contribution in [0.4, 0.5) is 0 Å². The third kappa shape index (κ3) is 2.56. The Kier molecular flexibility index (Phi) is 4.10. The maximum atomic E-state index is 10.8. The van der Waals surface area contributed by atoms with Gasteiger partial charge in [0, 0.05) is 16.3 Å². The molecule has 3 N–H and O–H groups in total. The second-order valence-corrected chi connectivity index (χ2v) is 4.38. The second kappa shape index (κ2) is 5.12. The Bertz CT molecular complexity index is 309. The third-order valence-electron chi connectivity index (χ3n) is 2.06. The van der Waals surface area contributed by atoms with E-state index in [-0.39, 0.29) is 6.54 Å². The first-order valence-corrected chi connectivity index (χ1v) is 5.52. The summed E-state index contributed by atoms with van der Waals surface area (Å²) < 4.78 is 0. The van der Waals surface area contributed by atoms with Gasteiger partial charge in [-0.3, -0.25) is 4.79 Å². The first kappa shape index (κ1) is 11.2. The predicted molar refractivity (Wildman–Crippen MR) is 57.7 cm³/mol. The Hall–Kier alpha value is -0.870. The fraction of sp³-hybridized carbons (Fsp3) is 0.500. The molecule has 0 aliphatic rings. The summed E-state index contributed by atoms with van der Waals surface area (Å²) in [6, 6.07) is 3.87. The zero-order valence-corrected chi connectivity index (χ0v) is 9.01. The first-order chi connectivity index (χ1) is 6.69. The molecule has 1 rings (SSSR count). The molecule has 0 aliphatic carbocycles. The molecule has 4 heteroatoms. The molecule has 1 aromatic heterocycles. The number of hydrogen-bond acceptors (Lipinski definition) is 3. The van der Waals surface area contributed by atoms with Gasteiger partial charge in [0.25, 0.3) is 0 Å². The van der Waals surface area contributed by atoms with E-state index in [9.17, 15) is 4.79 Å². The van der Waals surface area contributed by atoms with Crippen molar-refractivity contribution in [1.82, 2.24) is 0 Å². The molecule has 1 atom stereocenters. The molecule has 0 fully saturated rings. The Morgan fingerprint density at radius 3 is 2.86 bits per heavy atom. The van der Waals surface area contributed by atoms with Gasteiger partial charge in [-0.15, -0.1) is 11.3 Å². The number of thiophene rings is 1. The minimum absolute atomic E-state index is 0.168. The van der Waals surface area contributed by atoms with E-state index in [1.54, 1.807) is 11.3 Å². The molecule has 0 aromatic carbocycles. The predicted octanol–water partition coefficient (Wildman–Crippen LogP) is 1.83. The lowest BCUT2D eigenvalue weighted by molar-refractivity contribution is -0.138. The highest BCUT2D eigenvalue weighted by atomic mass is 32.1. The van der Waals surface area contributed by atoms with Crippen molar-refractivity contribution in [3.8, 4) is 0 Å². The fourth-order valence-electron chi connectivity index (χ4n) is 1.30. The van der Waals surface area contributed by atoms with Gasteiger partial charge in [0.1, 0.15) is 5.92 Å². The summed E-state index contributed by atoms with van der Waals surface area (Å²) in [5.74, 6) is -1.37. The molecule has 0 spiro atoms. The van der Waals surface area contributed by atoms with Crippen LogP contribution >= 0.6 is 11.3 Å². The zero-order chi connectivity index (χ0) is 10.6. The fourth-order valence-corrected chi connectivity index (χ4v) is 2.52. The van der Waals surface area contributed by atoms with Crippen LogP contribution in [0, 0.1) is 0 Å². The number of aryl methyl sites for hydroxylation is 1. The molecular formula is C10H15NO2S. The molecule has 1 heterocycles. The summed E-state index contributed by atoms with van der Waals surface area (Å²) in [6.07, 6.45) is 2.10. The van der Waals surface area contributed by atoms with Crippen LogP contribution in [0.25, 0.3) is 0 Å². The van der Waals surface area contributed by atoms with E-state index in [0.29, 0.717) is 0 Å². The molecule has 78 valence electrons. The van der Waals surface area contributed by atoms with Crippen molar-refractivity contribution in [3.63, 3.8) is 0 Å². The van der Waals surface area contributed by atoms with E-state index in [1.807, 2.05) is 12.1 Å². The molecular weight excluding hydrogens is 198 g/mol. The monoisotopic (exact) mass is 213 g/mol. The van der Waals surface area contributed by atoms with Gasteiger partial charge in [-0.25, -0.2) is 0 Å². The summed E-state index contributed by atoms with van der Waals surface area (Å²) in [7, 11) is 0. The van der Waals surface area contributed by atoms with Crippen LogP contribution in [-0.2, 0) is 11.2 Å². The average molecular weight is 213 g/mol. The smallest absolute Gasteiger partial charge is 0.313 e.